The van der Waals surface area contributed by atoms with Gasteiger partial charge >= 0.3 is 0 Å². The van der Waals surface area contributed by atoms with Crippen LogP contribution in [0, 0.1) is 0 Å². The van der Waals surface area contributed by atoms with Gasteiger partial charge in [0.25, 0.3) is 0 Å². The molecule has 1 fully saturated rings. The molecule has 0 atom stereocenters. The molecular weight excluding hydrogens is 304 g/mol. The van der Waals surface area contributed by atoms with E-state index in [9.17, 15) is 5.11 Å². The van der Waals surface area contributed by atoms with E-state index in [1.54, 1.807) is 0 Å². The van der Waals surface area contributed by atoms with Gasteiger partial charge in [-0.1, -0.05) is 22.0 Å². The highest BCUT2D eigenvalue weighted by atomic mass is 79.9. The van der Waals surface area contributed by atoms with Crippen LogP contribution in [0.5, 0.6) is 0 Å². The van der Waals surface area contributed by atoms with Crippen molar-refractivity contribution in [1.82, 2.24) is 5.32 Å². The molecule has 0 amide bonds. The number of nitrogens with zero attached hydrogens (tertiary/aromatic N) is 1. The maximum atomic E-state index is 9.86. The Bertz CT molecular complexity index is 438. The van der Waals surface area contributed by atoms with Gasteiger partial charge in [0, 0.05) is 36.3 Å². The van der Waals surface area contributed by atoms with Crippen molar-refractivity contribution in [2.24, 2.45) is 0 Å². The molecule has 1 aliphatic carbocycles. The standard InChI is InChI=1S/C15H23BrN2O/c1-15(2,19)10-18(3)13-7-4-11(14(16)8-13)9-17-12-5-6-12/h4,7-8,12,17,19H,5-6,9-10H2,1-3H3. The third-order valence-corrected chi connectivity index (χ3v) is 4.00. The minimum Gasteiger partial charge on any atom is -0.389 e. The second-order valence-electron chi connectivity index (χ2n) is 6.10. The topological polar surface area (TPSA) is 35.5 Å². The van der Waals surface area contributed by atoms with Gasteiger partial charge < -0.3 is 15.3 Å². The highest BCUT2D eigenvalue weighted by Gasteiger charge is 2.20. The van der Waals surface area contributed by atoms with E-state index in [2.05, 4.69) is 44.3 Å². The Morgan fingerprint density at radius 2 is 2.11 bits per heavy atom. The molecule has 0 spiro atoms. The first-order chi connectivity index (χ1) is 8.85. The predicted molar refractivity (Wildman–Crippen MR) is 83.6 cm³/mol. The molecule has 106 valence electrons. The summed E-state index contributed by atoms with van der Waals surface area (Å²) in [7, 11) is 2.00. The quantitative estimate of drug-likeness (QED) is 0.843. The molecule has 0 radical (unpaired) electrons. The SMILES string of the molecule is CN(CC(C)(C)O)c1ccc(CNC2CC2)c(Br)c1. The zero-order valence-electron chi connectivity index (χ0n) is 11.9. The molecule has 0 bridgehead atoms. The zero-order valence-corrected chi connectivity index (χ0v) is 13.5. The third kappa shape index (κ3) is 4.79. The van der Waals surface area contributed by atoms with Crippen LogP contribution in [-0.4, -0.2) is 30.3 Å². The van der Waals surface area contributed by atoms with E-state index in [1.807, 2.05) is 20.9 Å². The normalized spacial score (nSPS) is 15.6. The van der Waals surface area contributed by atoms with Crippen LogP contribution in [0.25, 0.3) is 0 Å². The smallest absolute Gasteiger partial charge is 0.0765 e. The minimum atomic E-state index is -0.687. The molecule has 2 rings (SSSR count). The van der Waals surface area contributed by atoms with Crippen molar-refractivity contribution in [2.45, 2.75) is 44.9 Å². The Morgan fingerprint density at radius 1 is 1.42 bits per heavy atom. The van der Waals surface area contributed by atoms with Gasteiger partial charge in [-0.2, -0.15) is 0 Å². The Kier molecular flexibility index (Phi) is 4.54. The summed E-state index contributed by atoms with van der Waals surface area (Å²) in [6, 6.07) is 7.11. The first-order valence-corrected chi connectivity index (χ1v) is 7.60. The van der Waals surface area contributed by atoms with Crippen LogP contribution in [0.1, 0.15) is 32.3 Å². The minimum absolute atomic E-state index is 0.610. The number of rotatable bonds is 6. The largest absolute Gasteiger partial charge is 0.389 e. The third-order valence-electron chi connectivity index (χ3n) is 3.26. The fourth-order valence-corrected chi connectivity index (χ4v) is 2.64. The van der Waals surface area contributed by atoms with Gasteiger partial charge in [-0.05, 0) is 44.4 Å². The molecule has 0 saturated heterocycles. The summed E-state index contributed by atoms with van der Waals surface area (Å²) in [5.41, 5.74) is 1.71. The van der Waals surface area contributed by atoms with Crippen LogP contribution in [0.15, 0.2) is 22.7 Å². The van der Waals surface area contributed by atoms with Crippen molar-refractivity contribution >= 4 is 21.6 Å². The number of hydrogen-bond acceptors (Lipinski definition) is 3. The maximum Gasteiger partial charge on any atom is 0.0765 e. The number of aliphatic hydroxyl groups is 1. The second kappa shape index (κ2) is 5.81. The van der Waals surface area contributed by atoms with E-state index in [4.69, 9.17) is 0 Å². The Hall–Kier alpha value is -0.580. The highest BCUT2D eigenvalue weighted by Crippen LogP contribution is 2.26. The van der Waals surface area contributed by atoms with E-state index < -0.39 is 5.60 Å². The van der Waals surface area contributed by atoms with Crippen LogP contribution in [0.4, 0.5) is 5.69 Å². The monoisotopic (exact) mass is 326 g/mol. The summed E-state index contributed by atoms with van der Waals surface area (Å²) >= 11 is 3.64. The summed E-state index contributed by atoms with van der Waals surface area (Å²) in [6.07, 6.45) is 2.62. The molecule has 1 aromatic carbocycles. The number of likely N-dealkylation sites (N-methyl/N-ethyl adjacent to an activating group) is 1. The Labute approximate surface area is 124 Å². The molecule has 0 aromatic heterocycles. The van der Waals surface area contributed by atoms with Gasteiger partial charge in [0.1, 0.15) is 0 Å². The summed E-state index contributed by atoms with van der Waals surface area (Å²) in [6.45, 7) is 5.18. The van der Waals surface area contributed by atoms with Crippen LogP contribution >= 0.6 is 15.9 Å². The fourth-order valence-electron chi connectivity index (χ4n) is 2.13. The number of benzene rings is 1. The van der Waals surface area contributed by atoms with E-state index in [0.29, 0.717) is 6.54 Å². The second-order valence-corrected chi connectivity index (χ2v) is 6.95. The van der Waals surface area contributed by atoms with Crippen LogP contribution in [-0.2, 0) is 6.54 Å². The Balaban J connectivity index is 2.00. The first-order valence-electron chi connectivity index (χ1n) is 6.80. The van der Waals surface area contributed by atoms with Crippen LogP contribution < -0.4 is 10.2 Å². The van der Waals surface area contributed by atoms with Crippen LogP contribution in [0.2, 0.25) is 0 Å². The van der Waals surface area contributed by atoms with E-state index in [0.717, 1.165) is 22.7 Å². The molecule has 1 aromatic rings. The highest BCUT2D eigenvalue weighted by molar-refractivity contribution is 9.10. The molecule has 2 N–H and O–H groups in total. The molecule has 3 nitrogen and oxygen atoms in total. The van der Waals surface area contributed by atoms with Gasteiger partial charge in [0.15, 0.2) is 0 Å². The molecule has 0 aliphatic heterocycles. The predicted octanol–water partition coefficient (Wildman–Crippen LogP) is 2.91. The molecular formula is C15H23BrN2O. The van der Waals surface area contributed by atoms with Crippen molar-refractivity contribution in [1.29, 1.82) is 0 Å². The van der Waals surface area contributed by atoms with E-state index >= 15 is 0 Å². The molecule has 0 unspecified atom stereocenters. The molecule has 1 saturated carbocycles. The molecule has 1 aliphatic rings. The van der Waals surface area contributed by atoms with Gasteiger partial charge in [-0.25, -0.2) is 0 Å². The zero-order chi connectivity index (χ0) is 14.0. The fraction of sp³-hybridized carbons (Fsp3) is 0.600. The van der Waals surface area contributed by atoms with Gasteiger partial charge in [0.2, 0.25) is 0 Å². The van der Waals surface area contributed by atoms with Crippen molar-refractivity contribution < 1.29 is 5.11 Å². The lowest BCUT2D eigenvalue weighted by Gasteiger charge is -2.27. The van der Waals surface area contributed by atoms with Crippen molar-refractivity contribution in [3.63, 3.8) is 0 Å². The average Bonchev–Trinajstić information content (AvgIpc) is 3.08. The number of nitrogens with one attached hydrogen (secondary N) is 1. The van der Waals surface area contributed by atoms with Gasteiger partial charge in [0.05, 0.1) is 5.60 Å². The van der Waals surface area contributed by atoms with Gasteiger partial charge in [-0.15, -0.1) is 0 Å². The van der Waals surface area contributed by atoms with E-state index in [-0.39, 0.29) is 0 Å². The lowest BCUT2D eigenvalue weighted by atomic mass is 10.1. The molecule has 0 heterocycles. The summed E-state index contributed by atoms with van der Waals surface area (Å²) in [5.74, 6) is 0. The summed E-state index contributed by atoms with van der Waals surface area (Å²) in [4.78, 5) is 2.07. The number of halogens is 1. The van der Waals surface area contributed by atoms with Crippen LogP contribution in [0.3, 0.4) is 0 Å². The summed E-state index contributed by atoms with van der Waals surface area (Å²) in [5, 5.41) is 13.4. The van der Waals surface area contributed by atoms with Gasteiger partial charge in [-0.3, -0.25) is 0 Å². The first kappa shape index (κ1) is 14.8. The number of anilines is 1. The maximum absolute atomic E-state index is 9.86. The molecule has 19 heavy (non-hydrogen) atoms. The number of hydrogen-bond donors (Lipinski definition) is 2. The van der Waals surface area contributed by atoms with Crippen molar-refractivity contribution in [2.75, 3.05) is 18.5 Å². The molecule has 4 heteroatoms. The van der Waals surface area contributed by atoms with Crippen molar-refractivity contribution in [3.05, 3.63) is 28.2 Å². The lowest BCUT2D eigenvalue weighted by Crippen LogP contribution is -2.36. The average molecular weight is 327 g/mol. The van der Waals surface area contributed by atoms with E-state index in [1.165, 1.54) is 18.4 Å². The van der Waals surface area contributed by atoms with Crippen molar-refractivity contribution in [3.8, 4) is 0 Å². The summed E-state index contributed by atoms with van der Waals surface area (Å²) < 4.78 is 1.13. The lowest BCUT2D eigenvalue weighted by molar-refractivity contribution is 0.0886. The Morgan fingerprint density at radius 3 is 2.63 bits per heavy atom.